The zero-order chi connectivity index (χ0) is 18.4. The molecule has 2 N–H and O–H groups in total. The third-order valence-electron chi connectivity index (χ3n) is 5.61. The van der Waals surface area contributed by atoms with Gasteiger partial charge >= 0.3 is 0 Å². The molecule has 3 heterocycles. The fourth-order valence-corrected chi connectivity index (χ4v) is 4.12. The summed E-state index contributed by atoms with van der Waals surface area (Å²) < 4.78 is 5.31. The molecule has 2 aliphatic heterocycles. The predicted molar refractivity (Wildman–Crippen MR) is 104 cm³/mol. The van der Waals surface area contributed by atoms with E-state index >= 15 is 0 Å². The number of rotatable bonds is 3. The Morgan fingerprint density at radius 2 is 2.00 bits per heavy atom. The maximum Gasteiger partial charge on any atom is 0.253 e. The molecule has 1 fully saturated rings. The van der Waals surface area contributed by atoms with E-state index in [-0.39, 0.29) is 5.91 Å². The van der Waals surface area contributed by atoms with E-state index in [1.165, 1.54) is 5.56 Å². The maximum absolute atomic E-state index is 13.3. The lowest BCUT2D eigenvalue weighted by atomic mass is 9.93. The molecule has 6 heteroatoms. The molecule has 3 aromatic rings. The molecule has 0 unspecified atom stereocenters. The molecule has 6 nitrogen and oxygen atoms in total. The van der Waals surface area contributed by atoms with Crippen LogP contribution in [0.25, 0.3) is 11.1 Å². The number of benzene rings is 2. The Labute approximate surface area is 157 Å². The van der Waals surface area contributed by atoms with E-state index in [4.69, 9.17) is 4.74 Å². The first kappa shape index (κ1) is 15.9. The Bertz CT molecular complexity index is 998. The van der Waals surface area contributed by atoms with Gasteiger partial charge in [0.1, 0.15) is 11.3 Å². The number of hydrogen-bond donors (Lipinski definition) is 2. The average Bonchev–Trinajstić information content (AvgIpc) is 3.42. The zero-order valence-corrected chi connectivity index (χ0v) is 15.0. The number of aromatic amines is 1. The summed E-state index contributed by atoms with van der Waals surface area (Å²) in [5.74, 6) is 0.934. The lowest BCUT2D eigenvalue weighted by Crippen LogP contribution is -2.45. The van der Waals surface area contributed by atoms with Gasteiger partial charge in [-0.1, -0.05) is 18.2 Å². The van der Waals surface area contributed by atoms with Crippen LogP contribution in [0, 0.1) is 0 Å². The molecule has 1 atom stereocenters. The van der Waals surface area contributed by atoms with Gasteiger partial charge in [0, 0.05) is 42.2 Å². The third-order valence-corrected chi connectivity index (χ3v) is 5.61. The van der Waals surface area contributed by atoms with Crippen LogP contribution in [-0.2, 0) is 11.2 Å². The van der Waals surface area contributed by atoms with Gasteiger partial charge in [0.05, 0.1) is 13.3 Å². The van der Waals surface area contributed by atoms with E-state index in [0.29, 0.717) is 6.54 Å². The van der Waals surface area contributed by atoms with Crippen molar-refractivity contribution in [1.29, 1.82) is 0 Å². The van der Waals surface area contributed by atoms with Gasteiger partial charge in [-0.2, -0.15) is 5.10 Å². The second-order valence-corrected chi connectivity index (χ2v) is 7.15. The summed E-state index contributed by atoms with van der Waals surface area (Å²) in [6.45, 7) is 0.710. The van der Waals surface area contributed by atoms with Crippen molar-refractivity contribution in [3.05, 3.63) is 60.4 Å². The lowest BCUT2D eigenvalue weighted by Gasteiger charge is -2.24. The minimum atomic E-state index is -0.544. The normalized spacial score (nSPS) is 20.8. The van der Waals surface area contributed by atoms with Gasteiger partial charge in [0.25, 0.3) is 5.91 Å². The van der Waals surface area contributed by atoms with Crippen molar-refractivity contribution in [2.45, 2.75) is 18.4 Å². The van der Waals surface area contributed by atoms with E-state index in [0.717, 1.165) is 41.1 Å². The summed E-state index contributed by atoms with van der Waals surface area (Å²) in [6.07, 6.45) is 5.15. The largest absolute Gasteiger partial charge is 0.497 e. The van der Waals surface area contributed by atoms with Crippen LogP contribution in [0.5, 0.6) is 5.75 Å². The molecular weight excluding hydrogens is 340 g/mol. The SMILES string of the molecule is COc1ccc2c(c1)N[C@@]1(CCN(c3ccc(-c4cn[nH]c4)cc3)C1=O)C2. The van der Waals surface area contributed by atoms with Crippen LogP contribution in [0.3, 0.4) is 0 Å². The highest BCUT2D eigenvalue weighted by Crippen LogP contribution is 2.42. The van der Waals surface area contributed by atoms with Gasteiger partial charge in [0.15, 0.2) is 0 Å². The Kier molecular flexibility index (Phi) is 3.47. The second kappa shape index (κ2) is 5.87. The number of nitrogens with zero attached hydrogens (tertiary/aromatic N) is 2. The van der Waals surface area contributed by atoms with E-state index in [2.05, 4.69) is 15.5 Å². The molecule has 5 rings (SSSR count). The number of H-pyrrole nitrogens is 1. The summed E-state index contributed by atoms with van der Waals surface area (Å²) in [4.78, 5) is 15.2. The van der Waals surface area contributed by atoms with Gasteiger partial charge in [-0.3, -0.25) is 9.89 Å². The van der Waals surface area contributed by atoms with Crippen molar-refractivity contribution in [2.24, 2.45) is 0 Å². The second-order valence-electron chi connectivity index (χ2n) is 7.15. The van der Waals surface area contributed by atoms with Gasteiger partial charge in [0.2, 0.25) is 0 Å². The number of nitrogens with one attached hydrogen (secondary N) is 2. The highest BCUT2D eigenvalue weighted by atomic mass is 16.5. The molecule has 1 aromatic heterocycles. The van der Waals surface area contributed by atoms with Crippen LogP contribution in [0.1, 0.15) is 12.0 Å². The number of aromatic nitrogens is 2. The molecule has 2 aliphatic rings. The molecule has 1 saturated heterocycles. The summed E-state index contributed by atoms with van der Waals surface area (Å²) in [7, 11) is 1.65. The first-order valence-electron chi connectivity index (χ1n) is 9.05. The number of amides is 1. The van der Waals surface area contributed by atoms with E-state index in [1.807, 2.05) is 53.6 Å². The topological polar surface area (TPSA) is 70.2 Å². The number of hydrogen-bond acceptors (Lipinski definition) is 4. The van der Waals surface area contributed by atoms with Crippen molar-refractivity contribution in [2.75, 3.05) is 23.9 Å². The molecule has 1 amide bonds. The third kappa shape index (κ3) is 2.48. The van der Waals surface area contributed by atoms with Gasteiger partial charge in [-0.15, -0.1) is 0 Å². The van der Waals surface area contributed by atoms with Crippen molar-refractivity contribution in [3.8, 4) is 16.9 Å². The highest BCUT2D eigenvalue weighted by molar-refractivity contribution is 6.06. The van der Waals surface area contributed by atoms with E-state index in [1.54, 1.807) is 13.3 Å². The summed E-state index contributed by atoms with van der Waals surface area (Å²) >= 11 is 0. The number of ether oxygens (including phenoxy) is 1. The number of methoxy groups -OCH3 is 1. The van der Waals surface area contributed by atoms with Gasteiger partial charge in [-0.05, 0) is 35.7 Å². The fourth-order valence-electron chi connectivity index (χ4n) is 4.12. The first-order chi connectivity index (χ1) is 13.2. The van der Waals surface area contributed by atoms with Crippen molar-refractivity contribution in [3.63, 3.8) is 0 Å². The van der Waals surface area contributed by atoms with E-state index in [9.17, 15) is 4.79 Å². The van der Waals surface area contributed by atoms with Crippen LogP contribution < -0.4 is 15.0 Å². The van der Waals surface area contributed by atoms with Crippen LogP contribution >= 0.6 is 0 Å². The van der Waals surface area contributed by atoms with Crippen molar-refractivity contribution in [1.82, 2.24) is 10.2 Å². The Balaban J connectivity index is 1.39. The molecular formula is C21H20N4O2. The number of carbonyl (C=O) groups is 1. The van der Waals surface area contributed by atoms with Gasteiger partial charge < -0.3 is 15.0 Å². The smallest absolute Gasteiger partial charge is 0.253 e. The van der Waals surface area contributed by atoms with Crippen LogP contribution in [0.2, 0.25) is 0 Å². The monoisotopic (exact) mass is 360 g/mol. The van der Waals surface area contributed by atoms with Crippen molar-refractivity contribution < 1.29 is 9.53 Å². The quantitative estimate of drug-likeness (QED) is 0.752. The predicted octanol–water partition coefficient (Wildman–Crippen LogP) is 3.23. The molecule has 0 saturated carbocycles. The summed E-state index contributed by atoms with van der Waals surface area (Å²) in [5.41, 5.74) is 4.67. The fraction of sp³-hybridized carbons (Fsp3) is 0.238. The molecule has 2 aromatic carbocycles. The minimum absolute atomic E-state index is 0.133. The molecule has 1 spiro atoms. The van der Waals surface area contributed by atoms with E-state index < -0.39 is 5.54 Å². The zero-order valence-electron chi connectivity index (χ0n) is 15.0. The minimum Gasteiger partial charge on any atom is -0.497 e. The molecule has 0 radical (unpaired) electrons. The lowest BCUT2D eigenvalue weighted by molar-refractivity contribution is -0.120. The molecule has 136 valence electrons. The Morgan fingerprint density at radius 1 is 1.15 bits per heavy atom. The summed E-state index contributed by atoms with van der Waals surface area (Å²) in [6, 6.07) is 14.0. The Hall–Kier alpha value is -3.28. The van der Waals surface area contributed by atoms with Crippen molar-refractivity contribution >= 4 is 17.3 Å². The average molecular weight is 360 g/mol. The number of carbonyl (C=O) groups excluding carboxylic acids is 1. The molecule has 0 bridgehead atoms. The first-order valence-corrected chi connectivity index (χ1v) is 9.05. The Morgan fingerprint density at radius 3 is 2.74 bits per heavy atom. The number of fused-ring (bicyclic) bond motifs is 1. The molecule has 27 heavy (non-hydrogen) atoms. The van der Waals surface area contributed by atoms with Crippen LogP contribution in [0.15, 0.2) is 54.9 Å². The summed E-state index contributed by atoms with van der Waals surface area (Å²) in [5, 5.41) is 10.3. The standard InChI is InChI=1S/C21H20N4O2/c1-27-18-7-4-15-11-21(24-19(15)10-18)8-9-25(20(21)26)17-5-2-14(3-6-17)16-12-22-23-13-16/h2-7,10,12-13,24H,8-9,11H2,1H3,(H,22,23)/t21-/m0/s1. The maximum atomic E-state index is 13.3. The van der Waals surface area contributed by atoms with Crippen LogP contribution in [0.4, 0.5) is 11.4 Å². The molecule has 0 aliphatic carbocycles. The van der Waals surface area contributed by atoms with Gasteiger partial charge in [-0.25, -0.2) is 0 Å². The highest BCUT2D eigenvalue weighted by Gasteiger charge is 2.50. The number of anilines is 2. The van der Waals surface area contributed by atoms with Crippen LogP contribution in [-0.4, -0.2) is 35.3 Å².